The van der Waals surface area contributed by atoms with Gasteiger partial charge in [0.2, 0.25) is 5.82 Å². The highest BCUT2D eigenvalue weighted by molar-refractivity contribution is 5.82. The summed E-state index contributed by atoms with van der Waals surface area (Å²) < 4.78 is 14.7. The number of H-pyrrole nitrogens is 1. The van der Waals surface area contributed by atoms with Crippen LogP contribution in [0.2, 0.25) is 0 Å². The molecule has 0 atom stereocenters. The average Bonchev–Trinajstić information content (AvgIpc) is 3.46. The number of aromatic amines is 1. The zero-order valence-electron chi connectivity index (χ0n) is 17.9. The number of hydrogen-bond donors (Lipinski definition) is 2. The zero-order valence-corrected chi connectivity index (χ0v) is 17.9. The van der Waals surface area contributed by atoms with Gasteiger partial charge in [0.05, 0.1) is 25.0 Å². The minimum atomic E-state index is 0.257. The number of imidazole rings is 1. The summed E-state index contributed by atoms with van der Waals surface area (Å²) in [7, 11) is 3.62. The number of hydrogen-bond acceptors (Lipinski definition) is 7. The standard InChI is InChI=1S/C21H26N8O2/c1-13-16(17-4-5-23-26-17)12-29-18(13)19(24-14-10-15(11-14)31-9-8-30-3)25-20(27-29)21-22-6-7-28(21)2/h4-7,12,14-15H,8-11H2,1-3H3,(H,23,26)(H,24,25,27). The lowest BCUT2D eigenvalue weighted by atomic mass is 9.89. The van der Waals surface area contributed by atoms with Crippen LogP contribution in [0.15, 0.2) is 30.9 Å². The number of aromatic nitrogens is 7. The fourth-order valence-electron chi connectivity index (χ4n) is 4.00. The Morgan fingerprint density at radius 1 is 1.26 bits per heavy atom. The third-order valence-electron chi connectivity index (χ3n) is 5.77. The van der Waals surface area contributed by atoms with Crippen LogP contribution in [-0.4, -0.2) is 66.8 Å². The molecule has 0 unspecified atom stereocenters. The molecule has 1 saturated carbocycles. The molecule has 0 amide bonds. The summed E-state index contributed by atoms with van der Waals surface area (Å²) >= 11 is 0. The van der Waals surface area contributed by atoms with Gasteiger partial charge < -0.3 is 19.4 Å². The first-order chi connectivity index (χ1) is 15.1. The highest BCUT2D eigenvalue weighted by Crippen LogP contribution is 2.33. The second-order valence-corrected chi connectivity index (χ2v) is 7.88. The van der Waals surface area contributed by atoms with Crippen molar-refractivity contribution in [1.29, 1.82) is 0 Å². The molecular formula is C21H26N8O2. The van der Waals surface area contributed by atoms with Crippen molar-refractivity contribution in [2.75, 3.05) is 25.6 Å². The van der Waals surface area contributed by atoms with E-state index >= 15 is 0 Å². The Bertz CT molecular complexity index is 1170. The van der Waals surface area contributed by atoms with Gasteiger partial charge in [0, 0.05) is 50.6 Å². The van der Waals surface area contributed by atoms with Gasteiger partial charge in [-0.3, -0.25) is 5.10 Å². The lowest BCUT2D eigenvalue weighted by Gasteiger charge is -2.36. The van der Waals surface area contributed by atoms with Crippen LogP contribution in [0.1, 0.15) is 18.4 Å². The molecule has 0 aliphatic heterocycles. The van der Waals surface area contributed by atoms with Gasteiger partial charge in [-0.2, -0.15) is 5.10 Å². The summed E-state index contributed by atoms with van der Waals surface area (Å²) in [5.41, 5.74) is 4.03. The van der Waals surface area contributed by atoms with Crippen molar-refractivity contribution in [1.82, 2.24) is 34.3 Å². The SMILES string of the molecule is COCCOC1CC(Nc2nc(-c3nccn3C)nn3cc(-c4ccn[nH]4)c(C)c23)C1. The molecule has 1 fully saturated rings. The largest absolute Gasteiger partial charge is 0.382 e. The van der Waals surface area contributed by atoms with Crippen LogP contribution in [0, 0.1) is 6.92 Å². The zero-order chi connectivity index (χ0) is 21.4. The fraction of sp³-hybridized carbons (Fsp3) is 0.429. The van der Waals surface area contributed by atoms with Crippen LogP contribution in [0.3, 0.4) is 0 Å². The van der Waals surface area contributed by atoms with E-state index in [2.05, 4.69) is 27.4 Å². The molecule has 0 radical (unpaired) electrons. The molecule has 5 rings (SSSR count). The first-order valence-corrected chi connectivity index (χ1v) is 10.4. The molecule has 4 aromatic rings. The predicted molar refractivity (Wildman–Crippen MR) is 116 cm³/mol. The van der Waals surface area contributed by atoms with Crippen LogP contribution in [-0.2, 0) is 16.5 Å². The van der Waals surface area contributed by atoms with E-state index in [1.165, 1.54) is 0 Å². The smallest absolute Gasteiger partial charge is 0.218 e. The van der Waals surface area contributed by atoms with Crippen molar-refractivity contribution in [2.45, 2.75) is 31.9 Å². The summed E-state index contributed by atoms with van der Waals surface area (Å²) in [6.07, 6.45) is 9.53. The number of fused-ring (bicyclic) bond motifs is 1. The van der Waals surface area contributed by atoms with E-state index < -0.39 is 0 Å². The summed E-state index contributed by atoms with van der Waals surface area (Å²) in [5, 5.41) is 15.5. The van der Waals surface area contributed by atoms with Gasteiger partial charge in [-0.05, 0) is 31.4 Å². The first kappa shape index (κ1) is 19.7. The van der Waals surface area contributed by atoms with E-state index in [9.17, 15) is 0 Å². The molecule has 4 aromatic heterocycles. The van der Waals surface area contributed by atoms with Crippen LogP contribution >= 0.6 is 0 Å². The molecule has 1 aliphatic carbocycles. The maximum atomic E-state index is 5.82. The van der Waals surface area contributed by atoms with Crippen LogP contribution in [0.4, 0.5) is 5.82 Å². The third kappa shape index (κ3) is 3.68. The van der Waals surface area contributed by atoms with Gasteiger partial charge >= 0.3 is 0 Å². The van der Waals surface area contributed by atoms with Gasteiger partial charge in [-0.1, -0.05) is 0 Å². The molecule has 10 heteroatoms. The van der Waals surface area contributed by atoms with E-state index in [1.54, 1.807) is 19.5 Å². The number of methoxy groups -OCH3 is 1. The molecule has 0 bridgehead atoms. The molecule has 4 heterocycles. The molecule has 0 saturated heterocycles. The fourth-order valence-corrected chi connectivity index (χ4v) is 4.00. The molecular weight excluding hydrogens is 396 g/mol. The van der Waals surface area contributed by atoms with Crippen LogP contribution in [0.25, 0.3) is 28.4 Å². The maximum Gasteiger partial charge on any atom is 0.218 e. The van der Waals surface area contributed by atoms with E-state index in [-0.39, 0.29) is 6.10 Å². The van der Waals surface area contributed by atoms with Gasteiger partial charge in [0.25, 0.3) is 0 Å². The Balaban J connectivity index is 1.49. The number of aryl methyl sites for hydroxylation is 2. The van der Waals surface area contributed by atoms with Crippen molar-refractivity contribution in [3.8, 4) is 22.9 Å². The predicted octanol–water partition coefficient (Wildman–Crippen LogP) is 2.43. The second kappa shape index (κ2) is 8.12. The molecule has 31 heavy (non-hydrogen) atoms. The van der Waals surface area contributed by atoms with Crippen LogP contribution < -0.4 is 5.32 Å². The topological polar surface area (TPSA) is 107 Å². The Morgan fingerprint density at radius 2 is 2.13 bits per heavy atom. The summed E-state index contributed by atoms with van der Waals surface area (Å²) in [6, 6.07) is 2.25. The highest BCUT2D eigenvalue weighted by Gasteiger charge is 2.31. The molecule has 10 nitrogen and oxygen atoms in total. The molecule has 0 aromatic carbocycles. The van der Waals surface area contributed by atoms with Crippen molar-refractivity contribution in [3.63, 3.8) is 0 Å². The maximum absolute atomic E-state index is 5.82. The number of nitrogens with zero attached hydrogens (tertiary/aromatic N) is 6. The van der Waals surface area contributed by atoms with Gasteiger partial charge in [0.15, 0.2) is 11.6 Å². The Kier molecular flexibility index (Phi) is 5.16. The average molecular weight is 422 g/mol. The van der Waals surface area contributed by atoms with Crippen molar-refractivity contribution >= 4 is 11.3 Å². The lowest BCUT2D eigenvalue weighted by Crippen LogP contribution is -2.41. The monoisotopic (exact) mass is 422 g/mol. The Morgan fingerprint density at radius 3 is 2.84 bits per heavy atom. The van der Waals surface area contributed by atoms with Crippen molar-refractivity contribution in [2.24, 2.45) is 7.05 Å². The van der Waals surface area contributed by atoms with E-state index in [1.807, 2.05) is 34.6 Å². The number of ether oxygens (including phenoxy) is 2. The van der Waals surface area contributed by atoms with E-state index in [4.69, 9.17) is 19.6 Å². The molecule has 2 N–H and O–H groups in total. The van der Waals surface area contributed by atoms with Gasteiger partial charge in [0.1, 0.15) is 5.52 Å². The normalized spacial score (nSPS) is 18.4. The van der Waals surface area contributed by atoms with Gasteiger partial charge in [-0.25, -0.2) is 14.5 Å². The summed E-state index contributed by atoms with van der Waals surface area (Å²) in [4.78, 5) is 9.30. The minimum Gasteiger partial charge on any atom is -0.382 e. The van der Waals surface area contributed by atoms with E-state index in [0.717, 1.165) is 41.0 Å². The number of nitrogens with one attached hydrogen (secondary N) is 2. The lowest BCUT2D eigenvalue weighted by molar-refractivity contribution is -0.0261. The quantitative estimate of drug-likeness (QED) is 0.420. The number of rotatable bonds is 8. The van der Waals surface area contributed by atoms with Crippen LogP contribution in [0.5, 0.6) is 0 Å². The van der Waals surface area contributed by atoms with E-state index in [0.29, 0.717) is 30.9 Å². The molecule has 0 spiro atoms. The molecule has 162 valence electrons. The minimum absolute atomic E-state index is 0.257. The van der Waals surface area contributed by atoms with Gasteiger partial charge in [-0.15, -0.1) is 5.10 Å². The first-order valence-electron chi connectivity index (χ1n) is 10.4. The second-order valence-electron chi connectivity index (χ2n) is 7.88. The third-order valence-corrected chi connectivity index (χ3v) is 5.77. The number of anilines is 1. The Hall–Kier alpha value is -3.24. The summed E-state index contributed by atoms with van der Waals surface area (Å²) in [5.74, 6) is 2.09. The van der Waals surface area contributed by atoms with Crippen molar-refractivity contribution < 1.29 is 9.47 Å². The Labute approximate surface area is 179 Å². The molecule has 1 aliphatic rings. The highest BCUT2D eigenvalue weighted by atomic mass is 16.5. The van der Waals surface area contributed by atoms with Crippen molar-refractivity contribution in [3.05, 3.63) is 36.4 Å². The summed E-state index contributed by atoms with van der Waals surface area (Å²) in [6.45, 7) is 3.33.